The summed E-state index contributed by atoms with van der Waals surface area (Å²) in [7, 11) is 1.63. The Balaban J connectivity index is 1.88. The van der Waals surface area contributed by atoms with Crippen molar-refractivity contribution in [2.24, 2.45) is 0 Å². The molecule has 0 heterocycles. The Bertz CT molecular complexity index is 1130. The maximum atomic E-state index is 13.8. The van der Waals surface area contributed by atoms with Gasteiger partial charge in [-0.2, -0.15) is 0 Å². The van der Waals surface area contributed by atoms with Gasteiger partial charge < -0.3 is 15.0 Å². The lowest BCUT2D eigenvalue weighted by molar-refractivity contribution is -0.141. The molecule has 2 amide bonds. The van der Waals surface area contributed by atoms with Gasteiger partial charge in [0.2, 0.25) is 11.8 Å². The molecule has 3 aromatic carbocycles. The van der Waals surface area contributed by atoms with E-state index in [0.29, 0.717) is 38.3 Å². The SMILES string of the molecule is CCCNC(=O)[C@@H](Cc1ccccc1)N(Cc1cccc(OC)c1)C(=O)CCc1ccc(C(C)C)cc1. The van der Waals surface area contributed by atoms with Crippen molar-refractivity contribution in [2.45, 2.75) is 65.0 Å². The Morgan fingerprint density at radius 2 is 1.59 bits per heavy atom. The molecule has 0 fully saturated rings. The summed E-state index contributed by atoms with van der Waals surface area (Å²) in [5.41, 5.74) is 4.35. The maximum absolute atomic E-state index is 13.8. The van der Waals surface area contributed by atoms with E-state index in [-0.39, 0.29) is 11.8 Å². The second-order valence-electron chi connectivity index (χ2n) is 9.77. The molecule has 0 radical (unpaired) electrons. The first-order valence-corrected chi connectivity index (χ1v) is 13.2. The number of benzene rings is 3. The van der Waals surface area contributed by atoms with Crippen LogP contribution in [0, 0.1) is 0 Å². The Labute approximate surface area is 221 Å². The van der Waals surface area contributed by atoms with Gasteiger partial charge in [0.05, 0.1) is 7.11 Å². The Morgan fingerprint density at radius 3 is 2.24 bits per heavy atom. The van der Waals surface area contributed by atoms with Gasteiger partial charge in [-0.05, 0) is 53.1 Å². The fourth-order valence-corrected chi connectivity index (χ4v) is 4.35. The molecule has 1 atom stereocenters. The summed E-state index contributed by atoms with van der Waals surface area (Å²) < 4.78 is 5.40. The van der Waals surface area contributed by atoms with Crippen LogP contribution in [-0.4, -0.2) is 36.4 Å². The van der Waals surface area contributed by atoms with Gasteiger partial charge in [0, 0.05) is 25.9 Å². The average Bonchev–Trinajstić information content (AvgIpc) is 2.93. The molecule has 5 nitrogen and oxygen atoms in total. The number of amides is 2. The molecule has 0 aliphatic rings. The van der Waals surface area contributed by atoms with Gasteiger partial charge in [0.25, 0.3) is 0 Å². The Morgan fingerprint density at radius 1 is 0.892 bits per heavy atom. The lowest BCUT2D eigenvalue weighted by Crippen LogP contribution is -2.50. The van der Waals surface area contributed by atoms with Gasteiger partial charge in [-0.3, -0.25) is 9.59 Å². The molecule has 3 rings (SSSR count). The molecular weight excluding hydrogens is 460 g/mol. The first-order chi connectivity index (χ1) is 17.9. The van der Waals surface area contributed by atoms with E-state index in [0.717, 1.165) is 28.9 Å². The molecule has 0 aromatic heterocycles. The smallest absolute Gasteiger partial charge is 0.243 e. The number of carbonyl (C=O) groups is 2. The number of nitrogens with one attached hydrogen (secondary N) is 1. The van der Waals surface area contributed by atoms with Gasteiger partial charge in [-0.15, -0.1) is 0 Å². The zero-order chi connectivity index (χ0) is 26.6. The lowest BCUT2D eigenvalue weighted by Gasteiger charge is -2.32. The molecule has 5 heteroatoms. The highest BCUT2D eigenvalue weighted by molar-refractivity contribution is 5.88. The molecule has 0 aliphatic carbocycles. The van der Waals surface area contributed by atoms with Crippen molar-refractivity contribution < 1.29 is 14.3 Å². The van der Waals surface area contributed by atoms with E-state index < -0.39 is 6.04 Å². The number of ether oxygens (including phenoxy) is 1. The highest BCUT2D eigenvalue weighted by Gasteiger charge is 2.30. The summed E-state index contributed by atoms with van der Waals surface area (Å²) >= 11 is 0. The van der Waals surface area contributed by atoms with Crippen LogP contribution in [0.5, 0.6) is 5.75 Å². The van der Waals surface area contributed by atoms with Gasteiger partial charge in [-0.25, -0.2) is 0 Å². The fraction of sp³-hybridized carbons (Fsp3) is 0.375. The van der Waals surface area contributed by atoms with Crippen molar-refractivity contribution in [3.63, 3.8) is 0 Å². The van der Waals surface area contributed by atoms with E-state index in [9.17, 15) is 9.59 Å². The van der Waals surface area contributed by atoms with Crippen molar-refractivity contribution in [3.05, 3.63) is 101 Å². The van der Waals surface area contributed by atoms with Crippen LogP contribution in [0.3, 0.4) is 0 Å². The van der Waals surface area contributed by atoms with Crippen LogP contribution in [0.1, 0.15) is 61.8 Å². The number of nitrogens with zero attached hydrogens (tertiary/aromatic N) is 1. The third-order valence-corrected chi connectivity index (χ3v) is 6.58. The summed E-state index contributed by atoms with van der Waals surface area (Å²) in [4.78, 5) is 28.9. The van der Waals surface area contributed by atoms with E-state index in [1.54, 1.807) is 12.0 Å². The number of carbonyl (C=O) groups excluding carboxylic acids is 2. The number of hydrogen-bond donors (Lipinski definition) is 1. The molecule has 0 bridgehead atoms. The van der Waals surface area contributed by atoms with Crippen molar-refractivity contribution in [2.75, 3.05) is 13.7 Å². The minimum atomic E-state index is -0.615. The second-order valence-corrected chi connectivity index (χ2v) is 9.77. The van der Waals surface area contributed by atoms with E-state index in [4.69, 9.17) is 4.74 Å². The molecule has 3 aromatic rings. The largest absolute Gasteiger partial charge is 0.497 e. The molecule has 37 heavy (non-hydrogen) atoms. The number of aryl methyl sites for hydroxylation is 1. The predicted molar refractivity (Wildman–Crippen MR) is 150 cm³/mol. The minimum absolute atomic E-state index is 0.0386. The van der Waals surface area contributed by atoms with Crippen molar-refractivity contribution in [1.29, 1.82) is 0 Å². The van der Waals surface area contributed by atoms with Crippen molar-refractivity contribution >= 4 is 11.8 Å². The lowest BCUT2D eigenvalue weighted by atomic mass is 9.99. The molecular formula is C32H40N2O3. The third kappa shape index (κ3) is 8.49. The number of hydrogen-bond acceptors (Lipinski definition) is 3. The molecule has 0 aliphatic heterocycles. The van der Waals surface area contributed by atoms with E-state index >= 15 is 0 Å². The second kappa shape index (κ2) is 14.2. The van der Waals surface area contributed by atoms with Crippen LogP contribution in [-0.2, 0) is 29.0 Å². The highest BCUT2D eigenvalue weighted by atomic mass is 16.5. The first-order valence-electron chi connectivity index (χ1n) is 13.2. The number of rotatable bonds is 13. The van der Waals surface area contributed by atoms with Gasteiger partial charge in [0.1, 0.15) is 11.8 Å². The van der Waals surface area contributed by atoms with Gasteiger partial charge in [-0.1, -0.05) is 87.5 Å². The van der Waals surface area contributed by atoms with E-state index in [1.165, 1.54) is 5.56 Å². The van der Waals surface area contributed by atoms with Crippen LogP contribution in [0.25, 0.3) is 0 Å². The summed E-state index contributed by atoms with van der Waals surface area (Å²) in [5, 5.41) is 3.03. The number of methoxy groups -OCH3 is 1. The third-order valence-electron chi connectivity index (χ3n) is 6.58. The van der Waals surface area contributed by atoms with Crippen LogP contribution in [0.15, 0.2) is 78.9 Å². The zero-order valence-electron chi connectivity index (χ0n) is 22.6. The van der Waals surface area contributed by atoms with Crippen LogP contribution in [0.4, 0.5) is 0 Å². The Kier molecular flexibility index (Phi) is 10.8. The molecule has 0 saturated carbocycles. The van der Waals surface area contributed by atoms with Crippen molar-refractivity contribution in [3.8, 4) is 5.75 Å². The fourth-order valence-electron chi connectivity index (χ4n) is 4.35. The highest BCUT2D eigenvalue weighted by Crippen LogP contribution is 2.20. The van der Waals surface area contributed by atoms with Gasteiger partial charge in [0.15, 0.2) is 0 Å². The quantitative estimate of drug-likeness (QED) is 0.317. The normalized spacial score (nSPS) is 11.7. The monoisotopic (exact) mass is 500 g/mol. The molecule has 1 N–H and O–H groups in total. The molecule has 0 unspecified atom stereocenters. The summed E-state index contributed by atoms with van der Waals surface area (Å²) in [6.45, 7) is 7.28. The van der Waals surface area contributed by atoms with Crippen LogP contribution < -0.4 is 10.1 Å². The van der Waals surface area contributed by atoms with Crippen LogP contribution in [0.2, 0.25) is 0 Å². The molecule has 0 spiro atoms. The van der Waals surface area contributed by atoms with Gasteiger partial charge >= 0.3 is 0 Å². The van der Waals surface area contributed by atoms with E-state index in [2.05, 4.69) is 43.4 Å². The zero-order valence-corrected chi connectivity index (χ0v) is 22.6. The standard InChI is InChI=1S/C32H40N2O3/c1-5-20-33-32(36)30(22-26-10-7-6-8-11-26)34(23-27-12-9-13-29(21-27)37-4)31(35)19-16-25-14-17-28(18-15-25)24(2)3/h6-15,17-18,21,24,30H,5,16,19-20,22-23H2,1-4H3,(H,33,36)/t30-/m1/s1. The molecule has 196 valence electrons. The summed E-state index contributed by atoms with van der Waals surface area (Å²) in [5.74, 6) is 1.03. The Hall–Kier alpha value is -3.60. The molecule has 0 saturated heterocycles. The summed E-state index contributed by atoms with van der Waals surface area (Å²) in [6, 6.07) is 25.4. The minimum Gasteiger partial charge on any atom is -0.497 e. The van der Waals surface area contributed by atoms with Crippen LogP contribution >= 0.6 is 0 Å². The first kappa shape index (κ1) is 28.0. The average molecular weight is 501 g/mol. The topological polar surface area (TPSA) is 58.6 Å². The maximum Gasteiger partial charge on any atom is 0.243 e. The summed E-state index contributed by atoms with van der Waals surface area (Å²) in [6.07, 6.45) is 2.24. The van der Waals surface area contributed by atoms with E-state index in [1.807, 2.05) is 61.5 Å². The van der Waals surface area contributed by atoms with Crippen molar-refractivity contribution in [1.82, 2.24) is 10.2 Å². The predicted octanol–water partition coefficient (Wildman–Crippen LogP) is 5.92.